The van der Waals surface area contributed by atoms with Crippen LogP contribution in [-0.4, -0.2) is 53.4 Å². The highest BCUT2D eigenvalue weighted by Crippen LogP contribution is 2.23. The number of carbonyl (C=O) groups excluding carboxylic acids is 1. The Morgan fingerprint density at radius 3 is 2.70 bits per heavy atom. The van der Waals surface area contributed by atoms with Gasteiger partial charge in [-0.25, -0.2) is 0 Å². The monoisotopic (exact) mass is 315 g/mol. The highest BCUT2D eigenvalue weighted by molar-refractivity contribution is 5.92. The molecule has 0 N–H and O–H groups in total. The van der Waals surface area contributed by atoms with Crippen molar-refractivity contribution in [1.29, 1.82) is 0 Å². The summed E-state index contributed by atoms with van der Waals surface area (Å²) in [6.45, 7) is 7.86. The first-order chi connectivity index (χ1) is 11.2. The number of hydrogen-bond donors (Lipinski definition) is 0. The van der Waals surface area contributed by atoms with Crippen LogP contribution in [0.5, 0.6) is 0 Å². The summed E-state index contributed by atoms with van der Waals surface area (Å²) in [7, 11) is 0. The molecule has 0 saturated carbocycles. The van der Waals surface area contributed by atoms with Gasteiger partial charge in [-0.1, -0.05) is 13.0 Å². The number of nitrogens with zero attached hydrogens (tertiary/aromatic N) is 3. The van der Waals surface area contributed by atoms with Crippen LogP contribution in [0.4, 0.5) is 0 Å². The number of pyridine rings is 1. The van der Waals surface area contributed by atoms with E-state index in [0.29, 0.717) is 5.69 Å². The second-order valence-corrected chi connectivity index (χ2v) is 7.29. The normalized spacial score (nSPS) is 24.4. The molecule has 1 aromatic rings. The van der Waals surface area contributed by atoms with Crippen molar-refractivity contribution in [1.82, 2.24) is 14.8 Å². The van der Waals surface area contributed by atoms with Crippen molar-refractivity contribution in [2.75, 3.05) is 32.7 Å². The second kappa shape index (κ2) is 7.91. The van der Waals surface area contributed by atoms with Gasteiger partial charge in [0.05, 0.1) is 0 Å². The molecule has 3 rings (SSSR count). The second-order valence-electron chi connectivity index (χ2n) is 7.29. The molecular weight excluding hydrogens is 286 g/mol. The molecule has 0 bridgehead atoms. The van der Waals surface area contributed by atoms with Crippen molar-refractivity contribution in [3.8, 4) is 0 Å². The Labute approximate surface area is 139 Å². The minimum Gasteiger partial charge on any atom is -0.337 e. The summed E-state index contributed by atoms with van der Waals surface area (Å²) in [5, 5.41) is 0. The molecule has 4 heteroatoms. The SMILES string of the molecule is CC1CCN(CC2CCCN(C(=O)c3ccccn3)CC2)CC1. The molecule has 3 heterocycles. The summed E-state index contributed by atoms with van der Waals surface area (Å²) < 4.78 is 0. The minimum absolute atomic E-state index is 0.0954. The van der Waals surface area contributed by atoms with E-state index in [1.54, 1.807) is 6.20 Å². The average molecular weight is 315 g/mol. The van der Waals surface area contributed by atoms with E-state index in [-0.39, 0.29) is 5.91 Å². The van der Waals surface area contributed by atoms with Crippen LogP contribution >= 0.6 is 0 Å². The molecule has 2 aliphatic heterocycles. The third-order valence-electron chi connectivity index (χ3n) is 5.41. The highest BCUT2D eigenvalue weighted by atomic mass is 16.2. The van der Waals surface area contributed by atoms with E-state index in [2.05, 4.69) is 16.8 Å². The fourth-order valence-corrected chi connectivity index (χ4v) is 3.81. The Hall–Kier alpha value is -1.42. The molecule has 1 unspecified atom stereocenters. The Morgan fingerprint density at radius 2 is 1.96 bits per heavy atom. The average Bonchev–Trinajstić information content (AvgIpc) is 2.83. The number of likely N-dealkylation sites (tertiary alicyclic amines) is 2. The smallest absolute Gasteiger partial charge is 0.272 e. The van der Waals surface area contributed by atoms with Gasteiger partial charge in [0.15, 0.2) is 0 Å². The maximum absolute atomic E-state index is 12.5. The zero-order valence-corrected chi connectivity index (χ0v) is 14.3. The lowest BCUT2D eigenvalue weighted by atomic mass is 9.95. The lowest BCUT2D eigenvalue weighted by Crippen LogP contribution is -2.37. The van der Waals surface area contributed by atoms with Crippen molar-refractivity contribution < 1.29 is 4.79 Å². The van der Waals surface area contributed by atoms with Gasteiger partial charge in [0, 0.05) is 25.8 Å². The molecule has 0 aromatic carbocycles. The summed E-state index contributed by atoms with van der Waals surface area (Å²) in [5.41, 5.74) is 0.580. The summed E-state index contributed by atoms with van der Waals surface area (Å²) in [6.07, 6.45) is 7.88. The van der Waals surface area contributed by atoms with Gasteiger partial charge in [0.1, 0.15) is 5.69 Å². The van der Waals surface area contributed by atoms with Crippen LogP contribution in [0.15, 0.2) is 24.4 Å². The number of piperidine rings is 1. The fraction of sp³-hybridized carbons (Fsp3) is 0.684. The predicted octanol–water partition coefficient (Wildman–Crippen LogP) is 3.06. The Bertz CT molecular complexity index is 497. The van der Waals surface area contributed by atoms with Crippen LogP contribution < -0.4 is 0 Å². The molecule has 126 valence electrons. The van der Waals surface area contributed by atoms with Crippen LogP contribution in [0.3, 0.4) is 0 Å². The highest BCUT2D eigenvalue weighted by Gasteiger charge is 2.24. The Kier molecular flexibility index (Phi) is 5.65. The first kappa shape index (κ1) is 16.4. The van der Waals surface area contributed by atoms with Crippen molar-refractivity contribution in [2.45, 2.75) is 39.0 Å². The third-order valence-corrected chi connectivity index (χ3v) is 5.41. The first-order valence-corrected chi connectivity index (χ1v) is 9.15. The maximum atomic E-state index is 12.5. The van der Waals surface area contributed by atoms with Gasteiger partial charge in [0.2, 0.25) is 0 Å². The number of aromatic nitrogens is 1. The number of carbonyl (C=O) groups is 1. The van der Waals surface area contributed by atoms with Crippen molar-refractivity contribution in [3.63, 3.8) is 0 Å². The van der Waals surface area contributed by atoms with Crippen LogP contribution in [0.1, 0.15) is 49.5 Å². The van der Waals surface area contributed by atoms with Crippen LogP contribution in [0.2, 0.25) is 0 Å². The van der Waals surface area contributed by atoms with E-state index in [4.69, 9.17) is 0 Å². The maximum Gasteiger partial charge on any atom is 0.272 e. The van der Waals surface area contributed by atoms with Crippen molar-refractivity contribution >= 4 is 5.91 Å². The standard InChI is InChI=1S/C19H29N3O/c1-16-7-12-21(13-8-16)15-17-5-4-11-22(14-9-17)19(23)18-6-2-3-10-20-18/h2-3,6,10,16-17H,4-5,7-9,11-15H2,1H3. The number of amides is 1. The summed E-state index contributed by atoms with van der Waals surface area (Å²) >= 11 is 0. The molecule has 0 aliphatic carbocycles. The van der Waals surface area contributed by atoms with Gasteiger partial charge >= 0.3 is 0 Å². The molecule has 1 amide bonds. The minimum atomic E-state index is 0.0954. The number of hydrogen-bond acceptors (Lipinski definition) is 3. The van der Waals surface area contributed by atoms with Crippen molar-refractivity contribution in [2.24, 2.45) is 11.8 Å². The lowest BCUT2D eigenvalue weighted by molar-refractivity contribution is 0.0752. The fourth-order valence-electron chi connectivity index (χ4n) is 3.81. The molecular formula is C19H29N3O. The van der Waals surface area contributed by atoms with E-state index in [1.165, 1.54) is 38.9 Å². The lowest BCUT2D eigenvalue weighted by Gasteiger charge is -2.32. The van der Waals surface area contributed by atoms with E-state index in [1.807, 2.05) is 23.1 Å². The Balaban J connectivity index is 1.50. The molecule has 23 heavy (non-hydrogen) atoms. The van der Waals surface area contributed by atoms with Gasteiger partial charge in [0.25, 0.3) is 5.91 Å². The summed E-state index contributed by atoms with van der Waals surface area (Å²) in [6, 6.07) is 5.56. The molecule has 2 saturated heterocycles. The van der Waals surface area contributed by atoms with E-state index < -0.39 is 0 Å². The molecule has 0 radical (unpaired) electrons. The Morgan fingerprint density at radius 1 is 1.13 bits per heavy atom. The largest absolute Gasteiger partial charge is 0.337 e. The predicted molar refractivity (Wildman–Crippen MR) is 92.3 cm³/mol. The van der Waals surface area contributed by atoms with Gasteiger partial charge in [-0.05, 0) is 69.2 Å². The first-order valence-electron chi connectivity index (χ1n) is 9.15. The van der Waals surface area contributed by atoms with Crippen LogP contribution in [-0.2, 0) is 0 Å². The molecule has 2 fully saturated rings. The van der Waals surface area contributed by atoms with E-state index >= 15 is 0 Å². The van der Waals surface area contributed by atoms with Crippen LogP contribution in [0.25, 0.3) is 0 Å². The van der Waals surface area contributed by atoms with Gasteiger partial charge in [-0.3, -0.25) is 9.78 Å². The number of rotatable bonds is 3. The van der Waals surface area contributed by atoms with E-state index in [9.17, 15) is 4.79 Å². The molecule has 1 aromatic heterocycles. The summed E-state index contributed by atoms with van der Waals surface area (Å²) in [5.74, 6) is 1.73. The quantitative estimate of drug-likeness (QED) is 0.860. The van der Waals surface area contributed by atoms with Crippen LogP contribution in [0, 0.1) is 11.8 Å². The van der Waals surface area contributed by atoms with Gasteiger partial charge in [-0.2, -0.15) is 0 Å². The zero-order chi connectivity index (χ0) is 16.1. The molecule has 4 nitrogen and oxygen atoms in total. The van der Waals surface area contributed by atoms with Gasteiger partial charge in [-0.15, -0.1) is 0 Å². The van der Waals surface area contributed by atoms with Crippen molar-refractivity contribution in [3.05, 3.63) is 30.1 Å². The van der Waals surface area contributed by atoms with Gasteiger partial charge < -0.3 is 9.80 Å². The molecule has 0 spiro atoms. The third kappa shape index (κ3) is 4.54. The summed E-state index contributed by atoms with van der Waals surface area (Å²) in [4.78, 5) is 21.4. The zero-order valence-electron chi connectivity index (χ0n) is 14.3. The van der Waals surface area contributed by atoms with E-state index in [0.717, 1.165) is 37.8 Å². The molecule has 1 atom stereocenters. The molecule has 2 aliphatic rings. The topological polar surface area (TPSA) is 36.4 Å².